The number of fused-ring (bicyclic) bond motifs is 1. The fourth-order valence-corrected chi connectivity index (χ4v) is 6.60. The standard InChI is InChI=1S/C29H36N4O7S/c1-6-18-14-29(18,26(35)32-41(37,38)20-11-12-20)31-24(34)23-13-19(16-33(23)27(36)40-28(3,4)5)39-25-22-10-8-7-9-21(22)17(2)15-30-25/h6-10,15,18-20,23H,1,11-14,16H2,2-5H3,(H,31,34)(H,32,35). The van der Waals surface area contributed by atoms with Crippen LogP contribution in [-0.2, 0) is 24.3 Å². The van der Waals surface area contributed by atoms with Crippen LogP contribution in [-0.4, -0.2) is 71.3 Å². The van der Waals surface area contributed by atoms with E-state index in [1.165, 1.54) is 11.0 Å². The molecule has 3 aliphatic rings. The van der Waals surface area contributed by atoms with E-state index in [4.69, 9.17) is 9.47 Å². The molecule has 12 heteroatoms. The van der Waals surface area contributed by atoms with Gasteiger partial charge in [0.1, 0.15) is 23.3 Å². The van der Waals surface area contributed by atoms with E-state index in [0.29, 0.717) is 18.7 Å². The number of aryl methyl sites for hydroxylation is 1. The van der Waals surface area contributed by atoms with Gasteiger partial charge in [-0.2, -0.15) is 0 Å². The van der Waals surface area contributed by atoms with Crippen molar-refractivity contribution in [3.63, 3.8) is 0 Å². The molecule has 1 aromatic heterocycles. The van der Waals surface area contributed by atoms with Gasteiger partial charge in [0.05, 0.1) is 11.8 Å². The second-order valence-corrected chi connectivity index (χ2v) is 14.1. The Morgan fingerprint density at radius 1 is 1.17 bits per heavy atom. The first-order valence-electron chi connectivity index (χ1n) is 13.8. The van der Waals surface area contributed by atoms with E-state index in [0.717, 1.165) is 16.3 Å². The van der Waals surface area contributed by atoms with Gasteiger partial charge in [-0.3, -0.25) is 19.2 Å². The summed E-state index contributed by atoms with van der Waals surface area (Å²) in [6.07, 6.45) is 3.24. The molecule has 2 saturated carbocycles. The van der Waals surface area contributed by atoms with Crippen molar-refractivity contribution in [1.82, 2.24) is 19.9 Å². The highest BCUT2D eigenvalue weighted by Crippen LogP contribution is 2.45. The number of ether oxygens (including phenoxy) is 2. The van der Waals surface area contributed by atoms with Gasteiger partial charge in [0, 0.05) is 23.9 Å². The first-order chi connectivity index (χ1) is 19.2. The molecule has 2 aromatic rings. The minimum Gasteiger partial charge on any atom is -0.472 e. The molecule has 3 fully saturated rings. The van der Waals surface area contributed by atoms with Gasteiger partial charge in [-0.1, -0.05) is 24.3 Å². The lowest BCUT2D eigenvalue weighted by molar-refractivity contribution is -0.131. The molecule has 1 aliphatic heterocycles. The van der Waals surface area contributed by atoms with Gasteiger partial charge in [0.25, 0.3) is 5.91 Å². The summed E-state index contributed by atoms with van der Waals surface area (Å²) < 4.78 is 38.9. The molecule has 1 aromatic carbocycles. The molecular weight excluding hydrogens is 548 g/mol. The van der Waals surface area contributed by atoms with Crippen LogP contribution in [0.4, 0.5) is 4.79 Å². The molecule has 0 bridgehead atoms. The highest BCUT2D eigenvalue weighted by atomic mass is 32.2. The Balaban J connectivity index is 1.38. The first-order valence-corrected chi connectivity index (χ1v) is 15.3. The van der Waals surface area contributed by atoms with Crippen LogP contribution in [0.1, 0.15) is 52.0 Å². The summed E-state index contributed by atoms with van der Waals surface area (Å²) >= 11 is 0. The Labute approximate surface area is 239 Å². The van der Waals surface area contributed by atoms with Crippen LogP contribution in [0.3, 0.4) is 0 Å². The molecule has 2 aliphatic carbocycles. The maximum atomic E-state index is 13.7. The molecule has 11 nitrogen and oxygen atoms in total. The average Bonchev–Trinajstić information content (AvgIpc) is 3.82. The molecule has 4 atom stereocenters. The van der Waals surface area contributed by atoms with Crippen LogP contribution in [0.25, 0.3) is 10.8 Å². The molecule has 2 heterocycles. The second kappa shape index (κ2) is 10.3. The fourth-order valence-electron chi connectivity index (χ4n) is 5.23. The monoisotopic (exact) mass is 584 g/mol. The van der Waals surface area contributed by atoms with E-state index < -0.39 is 62.4 Å². The minimum atomic E-state index is -3.82. The number of sulfonamides is 1. The number of nitrogens with zero attached hydrogens (tertiary/aromatic N) is 2. The van der Waals surface area contributed by atoms with Gasteiger partial charge in [0.2, 0.25) is 21.8 Å². The number of aromatic nitrogens is 1. The van der Waals surface area contributed by atoms with Gasteiger partial charge in [-0.05, 0) is 64.0 Å². The summed E-state index contributed by atoms with van der Waals surface area (Å²) in [6.45, 7) is 10.9. The number of likely N-dealkylation sites (tertiary alicyclic amines) is 1. The average molecular weight is 585 g/mol. The van der Waals surface area contributed by atoms with E-state index in [9.17, 15) is 22.8 Å². The van der Waals surface area contributed by atoms with E-state index in [-0.39, 0.29) is 19.4 Å². The van der Waals surface area contributed by atoms with Crippen molar-refractivity contribution in [2.45, 2.75) is 81.9 Å². The molecule has 220 valence electrons. The van der Waals surface area contributed by atoms with Gasteiger partial charge in [-0.15, -0.1) is 6.58 Å². The van der Waals surface area contributed by atoms with E-state index >= 15 is 0 Å². The topological polar surface area (TPSA) is 144 Å². The molecule has 0 radical (unpaired) electrons. The Morgan fingerprint density at radius 2 is 1.85 bits per heavy atom. The Morgan fingerprint density at radius 3 is 2.46 bits per heavy atom. The fraction of sp³-hybridized carbons (Fsp3) is 0.517. The van der Waals surface area contributed by atoms with Gasteiger partial charge in [-0.25, -0.2) is 18.2 Å². The third-order valence-electron chi connectivity index (χ3n) is 7.68. The summed E-state index contributed by atoms with van der Waals surface area (Å²) in [6, 6.07) is 6.65. The predicted octanol–water partition coefficient (Wildman–Crippen LogP) is 2.97. The van der Waals surface area contributed by atoms with Crippen molar-refractivity contribution < 1.29 is 32.3 Å². The van der Waals surface area contributed by atoms with Crippen LogP contribution >= 0.6 is 0 Å². The summed E-state index contributed by atoms with van der Waals surface area (Å²) in [5, 5.41) is 3.95. The molecule has 41 heavy (non-hydrogen) atoms. The maximum Gasteiger partial charge on any atom is 0.411 e. The number of hydrogen-bond acceptors (Lipinski definition) is 8. The highest BCUT2D eigenvalue weighted by Gasteiger charge is 2.62. The quantitative estimate of drug-likeness (QED) is 0.451. The zero-order valence-corrected chi connectivity index (χ0v) is 24.5. The number of carbonyl (C=O) groups excluding carboxylic acids is 3. The van der Waals surface area contributed by atoms with Crippen molar-refractivity contribution in [1.29, 1.82) is 0 Å². The maximum absolute atomic E-state index is 13.7. The summed E-state index contributed by atoms with van der Waals surface area (Å²) in [5.74, 6) is -1.47. The minimum absolute atomic E-state index is 0.0526. The third-order valence-corrected chi connectivity index (χ3v) is 9.50. The van der Waals surface area contributed by atoms with Crippen molar-refractivity contribution in [3.8, 4) is 5.88 Å². The molecule has 0 spiro atoms. The third kappa shape index (κ3) is 5.88. The lowest BCUT2D eigenvalue weighted by atomic mass is 10.1. The summed E-state index contributed by atoms with van der Waals surface area (Å²) in [7, 11) is -3.82. The molecule has 3 amide bonds. The lowest BCUT2D eigenvalue weighted by Crippen LogP contribution is -2.56. The zero-order valence-electron chi connectivity index (χ0n) is 23.7. The molecular formula is C29H36N4O7S. The van der Waals surface area contributed by atoms with Crippen molar-refractivity contribution in [3.05, 3.63) is 48.7 Å². The Bertz CT molecular complexity index is 1510. The molecule has 1 saturated heterocycles. The van der Waals surface area contributed by atoms with Crippen LogP contribution in [0.2, 0.25) is 0 Å². The number of carbonyl (C=O) groups is 3. The van der Waals surface area contributed by atoms with E-state index in [1.54, 1.807) is 27.0 Å². The number of amides is 3. The molecule has 5 rings (SSSR count). The first kappa shape index (κ1) is 28.8. The van der Waals surface area contributed by atoms with Crippen LogP contribution in [0, 0.1) is 12.8 Å². The number of nitrogens with one attached hydrogen (secondary N) is 2. The summed E-state index contributed by atoms with van der Waals surface area (Å²) in [4.78, 5) is 45.8. The van der Waals surface area contributed by atoms with Crippen molar-refractivity contribution in [2.75, 3.05) is 6.54 Å². The second-order valence-electron chi connectivity index (χ2n) is 12.1. The summed E-state index contributed by atoms with van der Waals surface area (Å²) in [5.41, 5.74) is -1.29. The van der Waals surface area contributed by atoms with Crippen LogP contribution in [0.15, 0.2) is 43.1 Å². The largest absolute Gasteiger partial charge is 0.472 e. The van der Waals surface area contributed by atoms with Crippen LogP contribution < -0.4 is 14.8 Å². The molecule has 2 N–H and O–H groups in total. The van der Waals surface area contributed by atoms with E-state index in [1.807, 2.05) is 31.2 Å². The number of hydrogen-bond donors (Lipinski definition) is 2. The van der Waals surface area contributed by atoms with Gasteiger partial charge < -0.3 is 14.8 Å². The zero-order chi connectivity index (χ0) is 29.7. The van der Waals surface area contributed by atoms with Crippen LogP contribution in [0.5, 0.6) is 5.88 Å². The molecule has 4 unspecified atom stereocenters. The Kier molecular flexibility index (Phi) is 7.25. The normalized spacial score (nSPS) is 25.9. The smallest absolute Gasteiger partial charge is 0.411 e. The lowest BCUT2D eigenvalue weighted by Gasteiger charge is -2.29. The van der Waals surface area contributed by atoms with Crippen molar-refractivity contribution in [2.24, 2.45) is 5.92 Å². The predicted molar refractivity (Wildman–Crippen MR) is 152 cm³/mol. The van der Waals surface area contributed by atoms with Gasteiger partial charge in [0.15, 0.2) is 0 Å². The Hall–Kier alpha value is -3.67. The number of benzene rings is 1. The SMILES string of the molecule is C=CC1CC1(NC(=O)C1CC(Oc2ncc(C)c3ccccc23)CN1C(=O)OC(C)(C)C)C(=O)NS(=O)(=O)C1CC1. The highest BCUT2D eigenvalue weighted by molar-refractivity contribution is 7.91. The van der Waals surface area contributed by atoms with Crippen molar-refractivity contribution >= 4 is 38.7 Å². The number of rotatable bonds is 8. The van der Waals surface area contributed by atoms with Gasteiger partial charge >= 0.3 is 6.09 Å². The van der Waals surface area contributed by atoms with E-state index in [2.05, 4.69) is 21.6 Å². The number of pyridine rings is 1.